The number of hydrogen-bond donors (Lipinski definition) is 1. The van der Waals surface area contributed by atoms with E-state index in [1.165, 1.54) is 4.52 Å². The first kappa shape index (κ1) is 34.6. The van der Waals surface area contributed by atoms with Gasteiger partial charge in [-0.2, -0.15) is 18.3 Å². The second-order valence-electron chi connectivity index (χ2n) is 14.0. The summed E-state index contributed by atoms with van der Waals surface area (Å²) in [4.78, 5) is 46.6. The van der Waals surface area contributed by atoms with Crippen LogP contribution in [0.4, 0.5) is 13.2 Å². The Balaban J connectivity index is 1.15. The van der Waals surface area contributed by atoms with Gasteiger partial charge in [-0.05, 0) is 91.4 Å². The number of nitrogens with zero attached hydrogens (tertiary/aromatic N) is 5. The normalized spacial score (nSPS) is 15.7. The van der Waals surface area contributed by atoms with Crippen LogP contribution in [0.3, 0.4) is 0 Å². The molecule has 13 heteroatoms. The molecule has 3 aromatic heterocycles. The van der Waals surface area contributed by atoms with Gasteiger partial charge in [0.15, 0.2) is 5.65 Å². The number of aromatic nitrogens is 4. The van der Waals surface area contributed by atoms with Crippen LogP contribution in [0, 0.1) is 5.92 Å². The number of fused-ring (bicyclic) bond motifs is 3. The Hall–Kier alpha value is -5.49. The minimum atomic E-state index is -4.70. The fourth-order valence-electron chi connectivity index (χ4n) is 7.65. The average molecular weight is 739 g/mol. The maximum absolute atomic E-state index is 14.3. The van der Waals surface area contributed by atoms with Crippen LogP contribution >= 0.6 is 11.6 Å². The number of carbonyl (C=O) groups excluding carboxylic acids is 2. The number of primary amides is 1. The van der Waals surface area contributed by atoms with Crippen LogP contribution in [0.2, 0.25) is 5.02 Å². The molecule has 6 aromatic rings. The second kappa shape index (κ2) is 12.9. The Morgan fingerprint density at radius 2 is 1.75 bits per heavy atom. The molecule has 2 atom stereocenters. The van der Waals surface area contributed by atoms with Crippen molar-refractivity contribution in [3.63, 3.8) is 0 Å². The van der Waals surface area contributed by atoms with Gasteiger partial charge in [0.25, 0.3) is 17.4 Å². The van der Waals surface area contributed by atoms with Crippen molar-refractivity contribution in [1.82, 2.24) is 24.1 Å². The second-order valence-corrected chi connectivity index (χ2v) is 14.4. The van der Waals surface area contributed by atoms with Gasteiger partial charge in [0, 0.05) is 41.8 Å². The van der Waals surface area contributed by atoms with Crippen LogP contribution in [0.1, 0.15) is 87.1 Å². The number of pyridine rings is 1. The number of aryl methyl sites for hydroxylation is 2. The Morgan fingerprint density at radius 1 is 1.00 bits per heavy atom. The van der Waals surface area contributed by atoms with Crippen LogP contribution in [0.25, 0.3) is 22.1 Å². The van der Waals surface area contributed by atoms with Crippen molar-refractivity contribution in [2.75, 3.05) is 0 Å². The summed E-state index contributed by atoms with van der Waals surface area (Å²) < 4.78 is 46.0. The number of halogens is 4. The van der Waals surface area contributed by atoms with Crippen molar-refractivity contribution in [3.8, 4) is 5.69 Å². The van der Waals surface area contributed by atoms with Crippen LogP contribution in [0.15, 0.2) is 83.8 Å². The number of carbonyl (C=O) groups is 2. The molecule has 0 radical (unpaired) electrons. The maximum Gasteiger partial charge on any atom is 0.417 e. The highest BCUT2D eigenvalue weighted by molar-refractivity contribution is 6.35. The van der Waals surface area contributed by atoms with E-state index in [1.807, 2.05) is 38.1 Å². The molecular formula is C40H34ClF3N6O3. The van der Waals surface area contributed by atoms with E-state index in [0.29, 0.717) is 55.6 Å². The average Bonchev–Trinajstić information content (AvgIpc) is 3.83. The lowest BCUT2D eigenvalue weighted by Gasteiger charge is -2.24. The van der Waals surface area contributed by atoms with Crippen molar-refractivity contribution in [1.29, 1.82) is 0 Å². The number of rotatable bonds is 9. The van der Waals surface area contributed by atoms with E-state index < -0.39 is 29.5 Å². The standard InChI is InChI=1S/C40H34ClF3N6O3/c1-21(31-19-25-7-6-10-30(41)33(25)39(53)50(31)28-8-4-3-5-9-28)35-34(36(45)51)37-46-27(15-16-49(37)47-35)14-11-23-17-26-20-48(22(2)24-12-13-24)38(52)32(26)29(18-23)40(42,43)44/h3-10,15-19,21-22,24H,11-14,20H2,1-2H3,(H2,45,51)/t21-,22-/m0/s1. The smallest absolute Gasteiger partial charge is 0.365 e. The summed E-state index contributed by atoms with van der Waals surface area (Å²) in [7, 11) is 0. The van der Waals surface area contributed by atoms with E-state index in [9.17, 15) is 27.6 Å². The predicted octanol–water partition coefficient (Wildman–Crippen LogP) is 7.50. The van der Waals surface area contributed by atoms with Crippen molar-refractivity contribution in [2.24, 2.45) is 11.7 Å². The monoisotopic (exact) mass is 738 g/mol. The van der Waals surface area contributed by atoms with Crippen LogP contribution < -0.4 is 11.3 Å². The molecule has 3 aromatic carbocycles. The lowest BCUT2D eigenvalue weighted by atomic mass is 9.96. The summed E-state index contributed by atoms with van der Waals surface area (Å²) in [6.07, 6.45) is -0.675. The van der Waals surface area contributed by atoms with Crippen LogP contribution in [-0.4, -0.2) is 41.9 Å². The van der Waals surface area contributed by atoms with E-state index in [4.69, 9.17) is 27.4 Å². The molecule has 9 nitrogen and oxygen atoms in total. The molecule has 8 rings (SSSR count). The van der Waals surface area contributed by atoms with Gasteiger partial charge in [-0.1, -0.05) is 54.9 Å². The number of benzene rings is 3. The third-order valence-electron chi connectivity index (χ3n) is 10.6. The molecule has 0 saturated heterocycles. The van der Waals surface area contributed by atoms with E-state index in [2.05, 4.69) is 0 Å². The molecule has 2 N–H and O–H groups in total. The first-order valence-corrected chi connectivity index (χ1v) is 17.8. The van der Waals surface area contributed by atoms with E-state index >= 15 is 0 Å². The number of hydrogen-bond acceptors (Lipinski definition) is 5. The topological polar surface area (TPSA) is 116 Å². The fraction of sp³-hybridized carbons (Fsp3) is 0.275. The van der Waals surface area contributed by atoms with Gasteiger partial charge in [-0.3, -0.25) is 19.0 Å². The van der Waals surface area contributed by atoms with Gasteiger partial charge < -0.3 is 10.6 Å². The summed E-state index contributed by atoms with van der Waals surface area (Å²) >= 11 is 6.49. The largest absolute Gasteiger partial charge is 0.417 e. The zero-order valence-corrected chi connectivity index (χ0v) is 29.6. The molecule has 2 amide bonds. The first-order chi connectivity index (χ1) is 25.3. The van der Waals surface area contributed by atoms with Crippen LogP contribution in [-0.2, 0) is 25.6 Å². The first-order valence-electron chi connectivity index (χ1n) is 17.4. The van der Waals surface area contributed by atoms with Gasteiger partial charge in [0.2, 0.25) is 0 Å². The number of alkyl halides is 3. The van der Waals surface area contributed by atoms with Gasteiger partial charge in [-0.15, -0.1) is 0 Å². The molecule has 0 spiro atoms. The predicted molar refractivity (Wildman–Crippen MR) is 194 cm³/mol. The van der Waals surface area contributed by atoms with Crippen LogP contribution in [0.5, 0.6) is 0 Å². The summed E-state index contributed by atoms with van der Waals surface area (Å²) in [6, 6.07) is 20.5. The number of nitrogens with two attached hydrogens (primary N) is 1. The van der Waals surface area contributed by atoms with E-state index in [-0.39, 0.29) is 47.8 Å². The summed E-state index contributed by atoms with van der Waals surface area (Å²) in [6.45, 7) is 3.87. The Kier molecular flexibility index (Phi) is 8.40. The molecule has 0 unspecified atom stereocenters. The SMILES string of the molecule is C[C@H](c1nn2ccc(CCc3cc4c(c(C(F)(F)F)c3)C(=O)N([C@@H](C)C3CC3)C4)nc2c1C(N)=O)c1cc2cccc(Cl)c2c(=O)n1-c1ccccc1. The molecule has 1 aliphatic carbocycles. The minimum absolute atomic E-state index is 0.0675. The van der Waals surface area contributed by atoms with Gasteiger partial charge in [0.05, 0.1) is 27.2 Å². The number of amides is 2. The quantitative estimate of drug-likeness (QED) is 0.165. The third-order valence-corrected chi connectivity index (χ3v) is 10.9. The molecule has 4 heterocycles. The van der Waals surface area contributed by atoms with Crippen molar-refractivity contribution in [3.05, 3.63) is 139 Å². The maximum atomic E-state index is 14.3. The molecule has 53 heavy (non-hydrogen) atoms. The zero-order chi connectivity index (χ0) is 37.3. The van der Waals surface area contributed by atoms with Crippen molar-refractivity contribution in [2.45, 2.75) is 64.2 Å². The van der Waals surface area contributed by atoms with Crippen molar-refractivity contribution < 1.29 is 22.8 Å². The molecule has 1 fully saturated rings. The Labute approximate surface area is 306 Å². The molecule has 2 aliphatic rings. The van der Waals surface area contributed by atoms with Gasteiger partial charge >= 0.3 is 6.18 Å². The summed E-state index contributed by atoms with van der Waals surface area (Å²) in [5, 5.41) is 5.99. The van der Waals surface area contributed by atoms with Gasteiger partial charge in [-0.25, -0.2) is 9.50 Å². The molecule has 270 valence electrons. The van der Waals surface area contributed by atoms with E-state index in [0.717, 1.165) is 18.9 Å². The lowest BCUT2D eigenvalue weighted by Crippen LogP contribution is -2.35. The highest BCUT2D eigenvalue weighted by Crippen LogP contribution is 2.42. The third kappa shape index (κ3) is 6.04. The molecule has 0 bridgehead atoms. The van der Waals surface area contributed by atoms with Gasteiger partial charge in [0.1, 0.15) is 5.56 Å². The highest BCUT2D eigenvalue weighted by atomic mass is 35.5. The van der Waals surface area contributed by atoms with Crippen molar-refractivity contribution >= 4 is 39.8 Å². The lowest BCUT2D eigenvalue weighted by molar-refractivity contribution is -0.138. The Morgan fingerprint density at radius 3 is 2.45 bits per heavy atom. The molecule has 1 saturated carbocycles. The molecular weight excluding hydrogens is 705 g/mol. The highest BCUT2D eigenvalue weighted by Gasteiger charge is 2.44. The Bertz CT molecular complexity index is 2530. The summed E-state index contributed by atoms with van der Waals surface area (Å²) in [5.41, 5.74) is 7.48. The fourth-order valence-corrected chi connectivity index (χ4v) is 7.91. The summed E-state index contributed by atoms with van der Waals surface area (Å²) in [5.74, 6) is -1.65. The molecule has 1 aliphatic heterocycles. The number of para-hydroxylation sites is 1. The zero-order valence-electron chi connectivity index (χ0n) is 28.8. The minimum Gasteiger partial charge on any atom is -0.365 e. The van der Waals surface area contributed by atoms with E-state index in [1.54, 1.807) is 58.1 Å².